The minimum Gasteiger partial charge on any atom is -0.492 e. The highest BCUT2D eigenvalue weighted by Crippen LogP contribution is 2.34. The van der Waals surface area contributed by atoms with Crippen LogP contribution in [0.4, 0.5) is 0 Å². The Morgan fingerprint density at radius 2 is 1.96 bits per heavy atom. The molecule has 0 aliphatic carbocycles. The van der Waals surface area contributed by atoms with Gasteiger partial charge in [0.2, 0.25) is 0 Å². The minimum atomic E-state index is 0.321. The third-order valence-corrected chi connectivity index (χ3v) is 6.30. The SMILES string of the molecule is CCN(CC)CCOc1ccc2nc(SCC(C)(C)C)sc2c1. The highest BCUT2D eigenvalue weighted by molar-refractivity contribution is 8.01. The van der Waals surface area contributed by atoms with Gasteiger partial charge in [0.05, 0.1) is 10.2 Å². The van der Waals surface area contributed by atoms with Gasteiger partial charge in [0.25, 0.3) is 0 Å². The van der Waals surface area contributed by atoms with Crippen molar-refractivity contribution >= 4 is 33.3 Å². The number of thiazole rings is 1. The Hall–Kier alpha value is -0.780. The summed E-state index contributed by atoms with van der Waals surface area (Å²) in [6, 6.07) is 6.22. The third-order valence-electron chi connectivity index (χ3n) is 3.54. The van der Waals surface area contributed by atoms with Crippen LogP contribution >= 0.6 is 23.1 Å². The van der Waals surface area contributed by atoms with Crippen LogP contribution in [0, 0.1) is 5.41 Å². The maximum atomic E-state index is 5.90. The largest absolute Gasteiger partial charge is 0.492 e. The molecule has 0 radical (unpaired) electrons. The maximum Gasteiger partial charge on any atom is 0.151 e. The lowest BCUT2D eigenvalue weighted by Crippen LogP contribution is -2.27. The van der Waals surface area contributed by atoms with Crippen LogP contribution in [0.1, 0.15) is 34.6 Å². The van der Waals surface area contributed by atoms with Gasteiger partial charge in [0, 0.05) is 12.3 Å². The molecule has 128 valence electrons. The number of thioether (sulfide) groups is 1. The van der Waals surface area contributed by atoms with Crippen LogP contribution in [0.3, 0.4) is 0 Å². The first-order chi connectivity index (χ1) is 10.9. The van der Waals surface area contributed by atoms with E-state index in [0.29, 0.717) is 5.41 Å². The van der Waals surface area contributed by atoms with Crippen LogP contribution in [-0.2, 0) is 0 Å². The fraction of sp³-hybridized carbons (Fsp3) is 0.611. The summed E-state index contributed by atoms with van der Waals surface area (Å²) in [5, 5.41) is 0. The van der Waals surface area contributed by atoms with Crippen LogP contribution in [0.5, 0.6) is 5.75 Å². The molecule has 0 fully saturated rings. The Labute approximate surface area is 148 Å². The van der Waals surface area contributed by atoms with E-state index in [1.54, 1.807) is 11.3 Å². The lowest BCUT2D eigenvalue weighted by Gasteiger charge is -2.17. The number of nitrogens with zero attached hydrogens (tertiary/aromatic N) is 2. The number of ether oxygens (including phenoxy) is 1. The highest BCUT2D eigenvalue weighted by atomic mass is 32.2. The van der Waals surface area contributed by atoms with Crippen molar-refractivity contribution in [3.05, 3.63) is 18.2 Å². The number of hydrogen-bond acceptors (Lipinski definition) is 5. The Balaban J connectivity index is 1.96. The van der Waals surface area contributed by atoms with Gasteiger partial charge in [-0.2, -0.15) is 0 Å². The van der Waals surface area contributed by atoms with E-state index in [4.69, 9.17) is 9.72 Å². The molecule has 1 aromatic heterocycles. The molecule has 0 saturated heterocycles. The summed E-state index contributed by atoms with van der Waals surface area (Å²) < 4.78 is 8.26. The fourth-order valence-electron chi connectivity index (χ4n) is 2.15. The van der Waals surface area contributed by atoms with Crippen molar-refractivity contribution in [3.63, 3.8) is 0 Å². The second kappa shape index (κ2) is 8.36. The van der Waals surface area contributed by atoms with Crippen molar-refractivity contribution in [2.24, 2.45) is 5.41 Å². The van der Waals surface area contributed by atoms with Crippen LogP contribution < -0.4 is 4.74 Å². The number of rotatable bonds is 8. The van der Waals surface area contributed by atoms with Crippen molar-refractivity contribution in [2.75, 3.05) is 32.0 Å². The van der Waals surface area contributed by atoms with Crippen molar-refractivity contribution in [1.82, 2.24) is 9.88 Å². The van der Waals surface area contributed by atoms with Gasteiger partial charge in [-0.25, -0.2) is 4.98 Å². The van der Waals surface area contributed by atoms with Crippen molar-refractivity contribution in [1.29, 1.82) is 0 Å². The topological polar surface area (TPSA) is 25.4 Å². The first-order valence-corrected chi connectivity index (χ1v) is 10.1. The molecule has 0 saturated carbocycles. The predicted molar refractivity (Wildman–Crippen MR) is 103 cm³/mol. The first kappa shape index (κ1) is 18.6. The quantitative estimate of drug-likeness (QED) is 0.613. The fourth-order valence-corrected chi connectivity index (χ4v) is 4.27. The lowest BCUT2D eigenvalue weighted by molar-refractivity contribution is 0.223. The highest BCUT2D eigenvalue weighted by Gasteiger charge is 2.13. The van der Waals surface area contributed by atoms with Crippen LogP contribution in [-0.4, -0.2) is 41.9 Å². The number of hydrogen-bond donors (Lipinski definition) is 0. The molecule has 3 nitrogen and oxygen atoms in total. The first-order valence-electron chi connectivity index (χ1n) is 8.30. The van der Waals surface area contributed by atoms with E-state index in [0.717, 1.165) is 47.6 Å². The molecule has 0 aliphatic rings. The van der Waals surface area contributed by atoms with Gasteiger partial charge in [0.15, 0.2) is 4.34 Å². The van der Waals surface area contributed by atoms with E-state index in [1.165, 1.54) is 4.70 Å². The van der Waals surface area contributed by atoms with E-state index in [2.05, 4.69) is 51.7 Å². The molecular formula is C18H28N2OS2. The van der Waals surface area contributed by atoms with Crippen LogP contribution in [0.2, 0.25) is 0 Å². The molecule has 1 heterocycles. The Morgan fingerprint density at radius 3 is 2.61 bits per heavy atom. The molecule has 0 amide bonds. The van der Waals surface area contributed by atoms with Gasteiger partial charge in [-0.05, 0) is 36.7 Å². The van der Waals surface area contributed by atoms with Gasteiger partial charge in [-0.3, -0.25) is 0 Å². The second-order valence-electron chi connectivity index (χ2n) is 6.83. The van der Waals surface area contributed by atoms with Gasteiger partial charge < -0.3 is 9.64 Å². The molecule has 0 spiro atoms. The predicted octanol–water partition coefficient (Wildman–Crippen LogP) is 5.16. The van der Waals surface area contributed by atoms with E-state index in [9.17, 15) is 0 Å². The molecular weight excluding hydrogens is 324 g/mol. The molecule has 0 atom stereocenters. The summed E-state index contributed by atoms with van der Waals surface area (Å²) in [6.45, 7) is 15.0. The summed E-state index contributed by atoms with van der Waals surface area (Å²) >= 11 is 3.61. The Morgan fingerprint density at radius 1 is 1.22 bits per heavy atom. The van der Waals surface area contributed by atoms with E-state index in [-0.39, 0.29) is 0 Å². The molecule has 2 aromatic rings. The van der Waals surface area contributed by atoms with Gasteiger partial charge in [-0.15, -0.1) is 11.3 Å². The average Bonchev–Trinajstić information content (AvgIpc) is 2.91. The Kier molecular flexibility index (Phi) is 6.74. The van der Waals surface area contributed by atoms with E-state index < -0.39 is 0 Å². The number of fused-ring (bicyclic) bond motifs is 1. The summed E-state index contributed by atoms with van der Waals surface area (Å²) in [6.07, 6.45) is 0. The summed E-state index contributed by atoms with van der Waals surface area (Å²) in [7, 11) is 0. The molecule has 23 heavy (non-hydrogen) atoms. The standard InChI is InChI=1S/C18H28N2OS2/c1-6-20(7-2)10-11-21-14-8-9-15-16(12-14)23-17(19-15)22-13-18(3,4)5/h8-9,12H,6-7,10-11,13H2,1-5H3. The molecule has 0 bridgehead atoms. The maximum absolute atomic E-state index is 5.90. The molecule has 2 rings (SSSR count). The summed E-state index contributed by atoms with van der Waals surface area (Å²) in [5.74, 6) is 2.03. The van der Waals surface area contributed by atoms with Crippen molar-refractivity contribution in [3.8, 4) is 5.75 Å². The molecule has 1 aromatic carbocycles. The summed E-state index contributed by atoms with van der Waals surface area (Å²) in [4.78, 5) is 7.08. The van der Waals surface area contributed by atoms with Crippen LogP contribution in [0.15, 0.2) is 22.5 Å². The molecule has 5 heteroatoms. The summed E-state index contributed by atoms with van der Waals surface area (Å²) in [5.41, 5.74) is 1.39. The van der Waals surface area contributed by atoms with Crippen molar-refractivity contribution < 1.29 is 4.74 Å². The minimum absolute atomic E-state index is 0.321. The zero-order chi connectivity index (χ0) is 16.9. The zero-order valence-electron chi connectivity index (χ0n) is 14.9. The van der Waals surface area contributed by atoms with Crippen LogP contribution in [0.25, 0.3) is 10.2 Å². The number of aromatic nitrogens is 1. The van der Waals surface area contributed by atoms with Gasteiger partial charge in [0.1, 0.15) is 12.4 Å². The second-order valence-corrected chi connectivity index (χ2v) is 9.09. The van der Waals surface area contributed by atoms with Crippen molar-refractivity contribution in [2.45, 2.75) is 39.0 Å². The third kappa shape index (κ3) is 5.98. The monoisotopic (exact) mass is 352 g/mol. The van der Waals surface area contributed by atoms with E-state index >= 15 is 0 Å². The number of likely N-dealkylation sites (N-methyl/N-ethyl adjacent to an activating group) is 1. The normalized spacial score (nSPS) is 12.3. The number of benzene rings is 1. The Bertz CT molecular complexity index is 615. The zero-order valence-corrected chi connectivity index (χ0v) is 16.5. The lowest BCUT2D eigenvalue weighted by atomic mass is 10.0. The van der Waals surface area contributed by atoms with Gasteiger partial charge in [-0.1, -0.05) is 46.4 Å². The average molecular weight is 353 g/mol. The molecule has 0 aliphatic heterocycles. The molecule has 0 unspecified atom stereocenters. The molecule has 0 N–H and O–H groups in total. The van der Waals surface area contributed by atoms with Gasteiger partial charge >= 0.3 is 0 Å². The smallest absolute Gasteiger partial charge is 0.151 e. The van der Waals surface area contributed by atoms with E-state index in [1.807, 2.05) is 17.8 Å².